The number of nitrogens with zero attached hydrogens (tertiary/aromatic N) is 1. The van der Waals surface area contributed by atoms with Crippen LogP contribution >= 0.6 is 11.3 Å². The molecule has 122 valence electrons. The van der Waals surface area contributed by atoms with E-state index in [4.69, 9.17) is 5.21 Å². The van der Waals surface area contributed by atoms with Gasteiger partial charge in [-0.3, -0.25) is 14.8 Å². The predicted octanol–water partition coefficient (Wildman–Crippen LogP) is 1.90. The number of rotatable bonds is 6. The average molecular weight is 333 g/mol. The van der Waals surface area contributed by atoms with Crippen LogP contribution in [0.15, 0.2) is 42.5 Å². The summed E-state index contributed by atoms with van der Waals surface area (Å²) in [4.78, 5) is 26.5. The van der Waals surface area contributed by atoms with Crippen LogP contribution in [0.4, 0.5) is 0 Å². The van der Waals surface area contributed by atoms with Crippen molar-refractivity contribution in [2.75, 3.05) is 20.6 Å². The van der Waals surface area contributed by atoms with Crippen LogP contribution in [0.3, 0.4) is 0 Å². The minimum absolute atomic E-state index is 0.157. The molecule has 0 saturated heterocycles. The molecule has 0 saturated carbocycles. The molecule has 1 aromatic heterocycles. The normalized spacial score (nSPS) is 12.0. The SMILES string of the molecule is CN(C)CC(NC(=O)c1ccc(C(=O)NO)s1)c1ccccc1. The van der Waals surface area contributed by atoms with Crippen LogP contribution in [0.1, 0.15) is 30.9 Å². The Morgan fingerprint density at radius 3 is 2.26 bits per heavy atom. The predicted molar refractivity (Wildman–Crippen MR) is 88.8 cm³/mol. The summed E-state index contributed by atoms with van der Waals surface area (Å²) in [5, 5.41) is 11.6. The molecule has 0 aliphatic heterocycles. The fourth-order valence-corrected chi connectivity index (χ4v) is 2.95. The van der Waals surface area contributed by atoms with E-state index >= 15 is 0 Å². The Morgan fingerprint density at radius 1 is 1.09 bits per heavy atom. The smallest absolute Gasteiger partial charge is 0.284 e. The van der Waals surface area contributed by atoms with Gasteiger partial charge < -0.3 is 10.2 Å². The monoisotopic (exact) mass is 333 g/mol. The number of carbonyl (C=O) groups is 2. The van der Waals surface area contributed by atoms with E-state index in [0.717, 1.165) is 16.9 Å². The summed E-state index contributed by atoms with van der Waals surface area (Å²) in [6, 6.07) is 12.6. The Bertz CT molecular complexity index is 670. The fourth-order valence-electron chi connectivity index (χ4n) is 2.15. The molecule has 0 fully saturated rings. The van der Waals surface area contributed by atoms with E-state index in [1.807, 2.05) is 49.3 Å². The van der Waals surface area contributed by atoms with E-state index in [2.05, 4.69) is 5.32 Å². The molecule has 2 aromatic rings. The van der Waals surface area contributed by atoms with Crippen LogP contribution in [-0.4, -0.2) is 42.6 Å². The maximum Gasteiger partial charge on any atom is 0.284 e. The lowest BCUT2D eigenvalue weighted by Gasteiger charge is -2.22. The van der Waals surface area contributed by atoms with E-state index in [1.165, 1.54) is 6.07 Å². The number of hydroxylamine groups is 1. The highest BCUT2D eigenvalue weighted by molar-refractivity contribution is 7.15. The van der Waals surface area contributed by atoms with Gasteiger partial charge in [-0.25, -0.2) is 5.48 Å². The highest BCUT2D eigenvalue weighted by atomic mass is 32.1. The maximum absolute atomic E-state index is 12.4. The molecule has 0 bridgehead atoms. The van der Waals surface area contributed by atoms with Crippen LogP contribution in [-0.2, 0) is 0 Å². The third-order valence-corrected chi connectivity index (χ3v) is 4.29. The molecule has 6 nitrogen and oxygen atoms in total. The van der Waals surface area contributed by atoms with Crippen molar-refractivity contribution in [2.45, 2.75) is 6.04 Å². The quantitative estimate of drug-likeness (QED) is 0.557. The molecule has 23 heavy (non-hydrogen) atoms. The van der Waals surface area contributed by atoms with E-state index < -0.39 is 5.91 Å². The highest BCUT2D eigenvalue weighted by Gasteiger charge is 2.19. The van der Waals surface area contributed by atoms with Gasteiger partial charge in [-0.1, -0.05) is 30.3 Å². The van der Waals surface area contributed by atoms with Gasteiger partial charge in [0.25, 0.3) is 11.8 Å². The van der Waals surface area contributed by atoms with E-state index in [9.17, 15) is 9.59 Å². The van der Waals surface area contributed by atoms with Crippen molar-refractivity contribution in [3.8, 4) is 0 Å². The number of hydrogen-bond acceptors (Lipinski definition) is 5. The molecule has 7 heteroatoms. The Kier molecular flexibility index (Phi) is 5.86. The molecular weight excluding hydrogens is 314 g/mol. The molecule has 0 spiro atoms. The maximum atomic E-state index is 12.4. The average Bonchev–Trinajstić information content (AvgIpc) is 3.04. The summed E-state index contributed by atoms with van der Waals surface area (Å²) in [6.07, 6.45) is 0. The molecule has 1 atom stereocenters. The number of thiophene rings is 1. The second-order valence-corrected chi connectivity index (χ2v) is 6.39. The van der Waals surface area contributed by atoms with Crippen molar-refractivity contribution in [1.29, 1.82) is 0 Å². The zero-order valence-electron chi connectivity index (χ0n) is 12.9. The Balaban J connectivity index is 2.14. The van der Waals surface area contributed by atoms with Gasteiger partial charge in [0, 0.05) is 6.54 Å². The van der Waals surface area contributed by atoms with Gasteiger partial charge in [0.05, 0.1) is 15.8 Å². The molecular formula is C16H19N3O3S. The second kappa shape index (κ2) is 7.87. The van der Waals surface area contributed by atoms with Gasteiger partial charge >= 0.3 is 0 Å². The number of hydrogen-bond donors (Lipinski definition) is 3. The van der Waals surface area contributed by atoms with Gasteiger partial charge in [0.1, 0.15) is 0 Å². The number of carbonyl (C=O) groups excluding carboxylic acids is 2. The van der Waals surface area contributed by atoms with E-state index in [1.54, 1.807) is 11.5 Å². The van der Waals surface area contributed by atoms with Crippen LogP contribution in [0, 0.1) is 0 Å². The third kappa shape index (κ3) is 4.62. The first-order valence-corrected chi connectivity index (χ1v) is 7.87. The number of benzene rings is 1. The largest absolute Gasteiger partial charge is 0.343 e. The van der Waals surface area contributed by atoms with Gasteiger partial charge in [0.15, 0.2) is 0 Å². The summed E-state index contributed by atoms with van der Waals surface area (Å²) in [6.45, 7) is 0.658. The lowest BCUT2D eigenvalue weighted by molar-refractivity contribution is 0.0711. The van der Waals surface area contributed by atoms with Gasteiger partial charge in [-0.05, 0) is 31.8 Å². The zero-order valence-corrected chi connectivity index (χ0v) is 13.8. The van der Waals surface area contributed by atoms with Crippen molar-refractivity contribution in [2.24, 2.45) is 0 Å². The summed E-state index contributed by atoms with van der Waals surface area (Å²) < 4.78 is 0. The molecule has 3 N–H and O–H groups in total. The Hall–Kier alpha value is -2.22. The van der Waals surface area contributed by atoms with Crippen molar-refractivity contribution in [3.63, 3.8) is 0 Å². The number of nitrogens with one attached hydrogen (secondary N) is 2. The van der Waals surface area contributed by atoms with Crippen LogP contribution in [0.2, 0.25) is 0 Å². The van der Waals surface area contributed by atoms with Crippen LogP contribution in [0.25, 0.3) is 0 Å². The van der Waals surface area contributed by atoms with Crippen molar-refractivity contribution >= 4 is 23.2 Å². The van der Waals surface area contributed by atoms with Crippen molar-refractivity contribution in [1.82, 2.24) is 15.7 Å². The number of likely N-dealkylation sites (N-methyl/N-ethyl adjacent to an activating group) is 1. The molecule has 1 heterocycles. The molecule has 0 aliphatic rings. The standard InChI is InChI=1S/C16H19N3O3S/c1-19(2)10-12(11-6-4-3-5-7-11)17-15(20)13-8-9-14(23-13)16(21)18-22/h3-9,12,22H,10H2,1-2H3,(H,17,20)(H,18,21). The summed E-state index contributed by atoms with van der Waals surface area (Å²) in [5.41, 5.74) is 2.57. The van der Waals surface area contributed by atoms with Gasteiger partial charge in [0.2, 0.25) is 0 Å². The highest BCUT2D eigenvalue weighted by Crippen LogP contribution is 2.19. The molecule has 0 aliphatic carbocycles. The summed E-state index contributed by atoms with van der Waals surface area (Å²) >= 11 is 1.03. The van der Waals surface area contributed by atoms with Gasteiger partial charge in [-0.15, -0.1) is 11.3 Å². The van der Waals surface area contributed by atoms with Crippen LogP contribution in [0.5, 0.6) is 0 Å². The minimum atomic E-state index is -0.623. The first-order valence-electron chi connectivity index (χ1n) is 7.06. The second-order valence-electron chi connectivity index (χ2n) is 5.30. The Labute approximate surface area is 138 Å². The lowest BCUT2D eigenvalue weighted by atomic mass is 10.1. The molecule has 2 rings (SSSR count). The lowest BCUT2D eigenvalue weighted by Crippen LogP contribution is -2.35. The fraction of sp³-hybridized carbons (Fsp3) is 0.250. The van der Waals surface area contributed by atoms with Crippen LogP contribution < -0.4 is 10.8 Å². The van der Waals surface area contributed by atoms with E-state index in [0.29, 0.717) is 11.4 Å². The minimum Gasteiger partial charge on any atom is -0.343 e. The summed E-state index contributed by atoms with van der Waals surface area (Å²) in [7, 11) is 3.88. The molecule has 1 aromatic carbocycles. The summed E-state index contributed by atoms with van der Waals surface area (Å²) in [5.74, 6) is -0.871. The third-order valence-electron chi connectivity index (χ3n) is 3.21. The zero-order chi connectivity index (χ0) is 16.8. The number of amides is 2. The molecule has 0 radical (unpaired) electrons. The molecule has 2 amide bonds. The van der Waals surface area contributed by atoms with Crippen molar-refractivity contribution in [3.05, 3.63) is 57.8 Å². The van der Waals surface area contributed by atoms with Gasteiger partial charge in [-0.2, -0.15) is 0 Å². The van der Waals surface area contributed by atoms with Crippen molar-refractivity contribution < 1.29 is 14.8 Å². The topological polar surface area (TPSA) is 81.7 Å². The first-order chi connectivity index (χ1) is 11.0. The van der Waals surface area contributed by atoms with E-state index in [-0.39, 0.29) is 16.8 Å². The first kappa shape index (κ1) is 17.1. The Morgan fingerprint density at radius 2 is 1.70 bits per heavy atom. The molecule has 1 unspecified atom stereocenters.